The first-order chi connectivity index (χ1) is 40.6. The predicted octanol–water partition coefficient (Wildman–Crippen LogP) is 11.7. The molecule has 22 heteroatoms. The van der Waals surface area contributed by atoms with Crippen molar-refractivity contribution in [2.45, 2.75) is 164 Å². The van der Waals surface area contributed by atoms with Gasteiger partial charge in [0.15, 0.2) is 11.4 Å². The average molecular weight is 1260 g/mol. The molecule has 0 saturated carbocycles. The fourth-order valence-electron chi connectivity index (χ4n) is 12.4. The lowest BCUT2D eigenvalue weighted by Crippen LogP contribution is -2.28. The summed E-state index contributed by atoms with van der Waals surface area (Å²) in [7, 11) is -9.74. The van der Waals surface area contributed by atoms with Gasteiger partial charge in [-0.1, -0.05) is 89.1 Å². The SMILES string of the molecule is CC1(C)C(/C=C/C=C2/N(CCCCCC(=O)O)c3ccc(S(=O)(=O)O)cc3C2(C)C)=[N+](CCCCCC(=O)O)c2ccccc21.C[N+]1=C(/C=C/C=C2/N(CCCCCC(=O)O)c3ccc(S(=O)(=O)O)cc3C2(C)C)C(C)(C)c2ccccc21.O=S(=O)=O. The summed E-state index contributed by atoms with van der Waals surface area (Å²) in [6, 6.07) is 26.2. The first kappa shape index (κ1) is 68.7. The molecule has 4 aromatic rings. The van der Waals surface area contributed by atoms with E-state index in [-0.39, 0.29) is 39.9 Å². The number of aliphatic carboxylic acids is 3. The van der Waals surface area contributed by atoms with Gasteiger partial charge in [0.25, 0.3) is 20.2 Å². The standard InChI is InChI=1S/C35H44N2O7S.C30H36N2O5S.O3S/c1-34(2)26-14-9-10-15-28(26)36(22-11-5-7-18-32(38)39)30(34)16-13-17-31-35(3,4)27-24-25(45(42,43)44)20-21-29(27)37(31)23-12-6-8-19-33(40)41;1-29(2)22-12-8-9-13-24(22)31(5)26(29)14-11-15-27-30(3,4)23-20-21(38(35,36)37)17-18-25(23)32(27)19-10-6-7-16-28(33)34;1-4(2)3/h9-10,13-17,20-21,24H,5-8,11-12,18-19,22-23H2,1-4H3,(H2-,38,39,40,41,42,43,44);8-9,11-15,17-18,20H,6-7,10,16,19H2,1-5H3,(H-,33,34,35,36,37);/p+2. The summed E-state index contributed by atoms with van der Waals surface area (Å²) in [6.07, 6.45) is 19.6. The number of carboxylic acids is 3. The van der Waals surface area contributed by atoms with E-state index in [0.717, 1.165) is 90.4 Å². The van der Waals surface area contributed by atoms with Crippen LogP contribution in [0.5, 0.6) is 0 Å². The normalized spacial score (nSPS) is 17.7. The highest BCUT2D eigenvalue weighted by Crippen LogP contribution is 2.51. The summed E-state index contributed by atoms with van der Waals surface area (Å²) in [6.45, 7) is 19.1. The van der Waals surface area contributed by atoms with Gasteiger partial charge in [-0.3, -0.25) is 23.5 Å². The number of unbranched alkanes of at least 4 members (excludes halogenated alkanes) is 6. The Morgan fingerprint density at radius 3 is 1.26 bits per heavy atom. The van der Waals surface area contributed by atoms with Crippen LogP contribution in [-0.2, 0) is 66.9 Å². The smallest absolute Gasteiger partial charge is 0.425 e. The maximum Gasteiger partial charge on any atom is 0.425 e. The largest absolute Gasteiger partial charge is 0.481 e. The van der Waals surface area contributed by atoms with E-state index < -0.39 is 59.6 Å². The summed E-state index contributed by atoms with van der Waals surface area (Å²) in [4.78, 5) is 37.0. The first-order valence-electron chi connectivity index (χ1n) is 29.1. The van der Waals surface area contributed by atoms with Gasteiger partial charge in [-0.2, -0.15) is 26.0 Å². The van der Waals surface area contributed by atoms with Crippen LogP contribution in [0.1, 0.15) is 155 Å². The lowest BCUT2D eigenvalue weighted by Gasteiger charge is -2.27. The molecule has 5 N–H and O–H groups in total. The zero-order valence-electron chi connectivity index (χ0n) is 51.0. The van der Waals surface area contributed by atoms with E-state index in [1.807, 2.05) is 38.1 Å². The topological polar surface area (TPSA) is 284 Å². The van der Waals surface area contributed by atoms with Gasteiger partial charge in [0.1, 0.15) is 13.6 Å². The number of anilines is 2. The Kier molecular flexibility index (Phi) is 22.3. The molecular formula is C65H82N4O15S3+2. The minimum atomic E-state index is -4.38. The van der Waals surface area contributed by atoms with E-state index in [2.05, 4.69) is 128 Å². The number of nitrogens with zero attached hydrogens (tertiary/aromatic N) is 4. The number of hydrogen-bond acceptors (Lipinski definition) is 12. The maximum atomic E-state index is 12.0. The van der Waals surface area contributed by atoms with Crippen molar-refractivity contribution in [3.63, 3.8) is 0 Å². The van der Waals surface area contributed by atoms with Crippen molar-refractivity contribution in [2.75, 3.05) is 36.5 Å². The van der Waals surface area contributed by atoms with Crippen molar-refractivity contribution in [3.8, 4) is 0 Å². The van der Waals surface area contributed by atoms with E-state index in [4.69, 9.17) is 27.9 Å². The number of benzene rings is 4. The highest BCUT2D eigenvalue weighted by molar-refractivity contribution is 7.86. The lowest BCUT2D eigenvalue weighted by atomic mass is 9.81. The van der Waals surface area contributed by atoms with Gasteiger partial charge in [0.2, 0.25) is 11.4 Å². The van der Waals surface area contributed by atoms with Crippen LogP contribution in [0.25, 0.3) is 0 Å². The molecule has 19 nitrogen and oxygen atoms in total. The molecule has 4 aromatic carbocycles. The first-order valence-corrected chi connectivity index (χ1v) is 33.0. The number of rotatable bonds is 24. The van der Waals surface area contributed by atoms with Gasteiger partial charge in [-0.05, 0) is 126 Å². The third-order valence-corrected chi connectivity index (χ3v) is 18.6. The van der Waals surface area contributed by atoms with Crippen molar-refractivity contribution in [3.05, 3.63) is 155 Å². The number of allylic oxidation sites excluding steroid dienone is 8. The van der Waals surface area contributed by atoms with E-state index in [1.54, 1.807) is 24.3 Å². The molecule has 0 spiro atoms. The number of carbonyl (C=O) groups is 3. The van der Waals surface area contributed by atoms with Gasteiger partial charge >= 0.3 is 28.5 Å². The summed E-state index contributed by atoms with van der Waals surface area (Å²) in [5.41, 5.74) is 11.1. The van der Waals surface area contributed by atoms with Crippen LogP contribution in [0.15, 0.2) is 143 Å². The van der Waals surface area contributed by atoms with Crippen molar-refractivity contribution in [1.29, 1.82) is 0 Å². The Morgan fingerprint density at radius 2 is 0.862 bits per heavy atom. The van der Waals surface area contributed by atoms with Crippen LogP contribution in [-0.4, -0.2) is 119 Å². The van der Waals surface area contributed by atoms with Crippen molar-refractivity contribution in [1.82, 2.24) is 0 Å². The van der Waals surface area contributed by atoms with Gasteiger partial charge in [0, 0.05) is 108 Å². The fourth-order valence-corrected chi connectivity index (χ4v) is 13.4. The van der Waals surface area contributed by atoms with E-state index in [1.165, 1.54) is 34.7 Å². The second kappa shape index (κ2) is 28.2. The highest BCUT2D eigenvalue weighted by Gasteiger charge is 2.46. The van der Waals surface area contributed by atoms with Gasteiger partial charge in [-0.25, -0.2) is 0 Å². The molecular weight excluding hydrogens is 1170 g/mol. The molecule has 0 aromatic heterocycles. The Balaban J connectivity index is 0.000000265. The molecule has 87 heavy (non-hydrogen) atoms. The van der Waals surface area contributed by atoms with Gasteiger partial charge in [0.05, 0.1) is 20.6 Å². The Labute approximate surface area is 513 Å². The molecule has 0 unspecified atom stereocenters. The predicted molar refractivity (Wildman–Crippen MR) is 335 cm³/mol. The highest BCUT2D eigenvalue weighted by atomic mass is 32.2. The van der Waals surface area contributed by atoms with Crippen LogP contribution in [0, 0.1) is 0 Å². The summed E-state index contributed by atoms with van der Waals surface area (Å²) in [5, 5.41) is 27.0. The van der Waals surface area contributed by atoms with Crippen molar-refractivity contribution < 1.29 is 77.4 Å². The number of hydrogen-bond donors (Lipinski definition) is 5. The minimum Gasteiger partial charge on any atom is -0.481 e. The van der Waals surface area contributed by atoms with Crippen molar-refractivity contribution >= 4 is 82.9 Å². The van der Waals surface area contributed by atoms with E-state index in [0.29, 0.717) is 32.4 Å². The molecule has 468 valence electrons. The molecule has 0 bridgehead atoms. The van der Waals surface area contributed by atoms with Crippen LogP contribution in [0.4, 0.5) is 22.7 Å². The lowest BCUT2D eigenvalue weighted by molar-refractivity contribution is -0.438. The van der Waals surface area contributed by atoms with Gasteiger partial charge in [-0.15, -0.1) is 12.6 Å². The van der Waals surface area contributed by atoms with Crippen LogP contribution in [0.2, 0.25) is 0 Å². The maximum absolute atomic E-state index is 12.0. The Bertz CT molecular complexity index is 3830. The molecule has 0 atom stereocenters. The summed E-state index contributed by atoms with van der Waals surface area (Å²) < 4.78 is 97.0. The Morgan fingerprint density at radius 1 is 0.494 bits per heavy atom. The third-order valence-electron chi connectivity index (χ3n) is 16.9. The second-order valence-corrected chi connectivity index (χ2v) is 27.5. The molecule has 0 fully saturated rings. The average Bonchev–Trinajstić information content (AvgIpc) is 1.64. The number of fused-ring (bicyclic) bond motifs is 4. The number of carboxylic acid groups (broad SMARTS) is 3. The zero-order chi connectivity index (χ0) is 64.5. The quantitative estimate of drug-likeness (QED) is 0.0248. The molecule has 0 aliphatic carbocycles. The molecule has 4 aliphatic rings. The summed E-state index contributed by atoms with van der Waals surface area (Å²) >= 11 is 0. The van der Waals surface area contributed by atoms with E-state index >= 15 is 0 Å². The molecule has 0 saturated heterocycles. The van der Waals surface area contributed by atoms with Crippen LogP contribution >= 0.6 is 0 Å². The third kappa shape index (κ3) is 16.2. The molecule has 4 aliphatic heterocycles. The van der Waals surface area contributed by atoms with E-state index in [9.17, 15) is 40.3 Å². The molecule has 0 amide bonds. The van der Waals surface area contributed by atoms with Gasteiger partial charge < -0.3 is 25.1 Å². The van der Waals surface area contributed by atoms with Crippen LogP contribution < -0.4 is 9.80 Å². The summed E-state index contributed by atoms with van der Waals surface area (Å²) in [5.74, 6) is -2.37. The van der Waals surface area contributed by atoms with Crippen LogP contribution in [0.3, 0.4) is 0 Å². The second-order valence-electron chi connectivity index (χ2n) is 24.3. The molecule has 4 heterocycles. The monoisotopic (exact) mass is 1250 g/mol. The molecule has 8 rings (SSSR count). The number of para-hydroxylation sites is 2. The molecule has 0 radical (unpaired) electrons. The zero-order valence-corrected chi connectivity index (χ0v) is 53.4. The minimum absolute atomic E-state index is 0.120. The Hall–Kier alpha value is -7.37. The van der Waals surface area contributed by atoms with Crippen molar-refractivity contribution in [2.24, 2.45) is 0 Å². The fraction of sp³-hybridized carbons (Fsp3) is 0.431.